The lowest BCUT2D eigenvalue weighted by Gasteiger charge is -2.11. The molecule has 1 atom stereocenters. The maximum Gasteiger partial charge on any atom is 0.137 e. The van der Waals surface area contributed by atoms with Gasteiger partial charge in [-0.1, -0.05) is 17.7 Å². The van der Waals surface area contributed by atoms with Gasteiger partial charge in [0.1, 0.15) is 25.0 Å². The molecule has 1 rings (SSSR count). The number of methoxy groups -OCH3 is 1. The molecule has 0 bridgehead atoms. The smallest absolute Gasteiger partial charge is 0.137 e. The first kappa shape index (κ1) is 15.0. The number of hydrogen-bond acceptors (Lipinski definition) is 3. The Morgan fingerprint density at radius 3 is 2.67 bits per heavy atom. The lowest BCUT2D eigenvalue weighted by Crippen LogP contribution is -2.86. The molecule has 0 unspecified atom stereocenters. The number of nitrogens with two attached hydrogens (primary N) is 1. The van der Waals surface area contributed by atoms with Gasteiger partial charge in [0.2, 0.25) is 0 Å². The van der Waals surface area contributed by atoms with Crippen molar-refractivity contribution >= 4 is 0 Å². The Kier molecular flexibility index (Phi) is 7.41. The van der Waals surface area contributed by atoms with E-state index in [9.17, 15) is 5.11 Å². The van der Waals surface area contributed by atoms with Crippen molar-refractivity contribution < 1.29 is 19.9 Å². The largest absolute Gasteiger partial charge is 0.491 e. The van der Waals surface area contributed by atoms with E-state index in [1.807, 2.05) is 31.2 Å². The molecular formula is C14H24NO3+. The Balaban J connectivity index is 2.09. The summed E-state index contributed by atoms with van der Waals surface area (Å²) in [6.45, 7) is 4.77. The summed E-state index contributed by atoms with van der Waals surface area (Å²) in [5, 5.41) is 11.8. The molecular weight excluding hydrogens is 230 g/mol. The van der Waals surface area contributed by atoms with Crippen LogP contribution in [-0.2, 0) is 4.74 Å². The summed E-state index contributed by atoms with van der Waals surface area (Å²) in [6.07, 6.45) is 0.566. The zero-order valence-corrected chi connectivity index (χ0v) is 11.3. The second-order valence-electron chi connectivity index (χ2n) is 4.44. The third-order valence-electron chi connectivity index (χ3n) is 2.66. The van der Waals surface area contributed by atoms with Crippen LogP contribution >= 0.6 is 0 Å². The van der Waals surface area contributed by atoms with E-state index in [4.69, 9.17) is 9.47 Å². The second kappa shape index (κ2) is 8.91. The second-order valence-corrected chi connectivity index (χ2v) is 4.44. The number of aliphatic hydroxyl groups is 1. The number of benzene rings is 1. The van der Waals surface area contributed by atoms with Gasteiger partial charge in [-0.15, -0.1) is 0 Å². The van der Waals surface area contributed by atoms with E-state index >= 15 is 0 Å². The summed E-state index contributed by atoms with van der Waals surface area (Å²) in [6, 6.07) is 7.84. The molecule has 0 aromatic heterocycles. The van der Waals surface area contributed by atoms with Gasteiger partial charge in [0.15, 0.2) is 0 Å². The van der Waals surface area contributed by atoms with Gasteiger partial charge < -0.3 is 19.9 Å². The fraction of sp³-hybridized carbons (Fsp3) is 0.571. The fourth-order valence-corrected chi connectivity index (χ4v) is 1.58. The Morgan fingerprint density at radius 1 is 1.28 bits per heavy atom. The Labute approximate surface area is 109 Å². The van der Waals surface area contributed by atoms with Crippen LogP contribution < -0.4 is 10.1 Å². The molecule has 0 saturated heterocycles. The molecule has 0 aliphatic heterocycles. The van der Waals surface area contributed by atoms with Crippen LogP contribution in [0.4, 0.5) is 0 Å². The van der Waals surface area contributed by atoms with Crippen molar-refractivity contribution in [2.45, 2.75) is 19.4 Å². The molecule has 4 nitrogen and oxygen atoms in total. The van der Waals surface area contributed by atoms with Crippen LogP contribution in [0.1, 0.15) is 12.0 Å². The average Bonchev–Trinajstić information content (AvgIpc) is 2.38. The molecule has 18 heavy (non-hydrogen) atoms. The van der Waals surface area contributed by atoms with Crippen LogP contribution in [0.15, 0.2) is 24.3 Å². The third kappa shape index (κ3) is 6.59. The molecule has 0 heterocycles. The molecule has 102 valence electrons. The number of hydrogen-bond donors (Lipinski definition) is 2. The predicted octanol–water partition coefficient (Wildman–Crippen LogP) is 0.335. The summed E-state index contributed by atoms with van der Waals surface area (Å²) in [5.41, 5.74) is 1.20. The molecule has 0 aliphatic carbocycles. The minimum atomic E-state index is -0.436. The lowest BCUT2D eigenvalue weighted by atomic mass is 10.2. The average molecular weight is 254 g/mol. The van der Waals surface area contributed by atoms with Gasteiger partial charge >= 0.3 is 0 Å². The summed E-state index contributed by atoms with van der Waals surface area (Å²) in [5.74, 6) is 0.805. The van der Waals surface area contributed by atoms with Crippen molar-refractivity contribution in [1.29, 1.82) is 0 Å². The quantitative estimate of drug-likeness (QED) is 0.625. The lowest BCUT2D eigenvalue weighted by molar-refractivity contribution is -0.661. The van der Waals surface area contributed by atoms with Crippen molar-refractivity contribution in [1.82, 2.24) is 0 Å². The van der Waals surface area contributed by atoms with Crippen molar-refractivity contribution in [3.8, 4) is 5.75 Å². The third-order valence-corrected chi connectivity index (χ3v) is 2.66. The normalized spacial score (nSPS) is 12.4. The first-order valence-corrected chi connectivity index (χ1v) is 6.40. The van der Waals surface area contributed by atoms with E-state index in [1.165, 1.54) is 5.56 Å². The van der Waals surface area contributed by atoms with E-state index in [0.29, 0.717) is 13.2 Å². The van der Waals surface area contributed by atoms with Crippen LogP contribution in [0.3, 0.4) is 0 Å². The van der Waals surface area contributed by atoms with Crippen molar-refractivity contribution in [3.05, 3.63) is 29.8 Å². The zero-order valence-electron chi connectivity index (χ0n) is 11.3. The summed E-state index contributed by atoms with van der Waals surface area (Å²) >= 11 is 0. The van der Waals surface area contributed by atoms with E-state index in [-0.39, 0.29) is 0 Å². The molecule has 4 heteroatoms. The van der Waals surface area contributed by atoms with E-state index in [2.05, 4.69) is 5.32 Å². The zero-order chi connectivity index (χ0) is 13.2. The van der Waals surface area contributed by atoms with Crippen LogP contribution in [0.5, 0.6) is 5.75 Å². The van der Waals surface area contributed by atoms with Gasteiger partial charge in [-0.05, 0) is 19.1 Å². The standard InChI is InChI=1S/C14H23NO3/c1-12-4-6-14(7-5-12)18-11-13(16)10-15-8-3-9-17-2/h4-7,13,15-16H,3,8-11H2,1-2H3/p+1/t13-/m1/s1. The van der Waals surface area contributed by atoms with Gasteiger partial charge in [-0.2, -0.15) is 0 Å². The van der Waals surface area contributed by atoms with Crippen LogP contribution in [0.25, 0.3) is 0 Å². The van der Waals surface area contributed by atoms with E-state index < -0.39 is 6.10 Å². The van der Waals surface area contributed by atoms with E-state index in [1.54, 1.807) is 7.11 Å². The molecule has 0 spiro atoms. The number of ether oxygens (including phenoxy) is 2. The number of aryl methyl sites for hydroxylation is 1. The molecule has 1 aromatic carbocycles. The first-order valence-electron chi connectivity index (χ1n) is 6.40. The van der Waals surface area contributed by atoms with Gasteiger partial charge in [0, 0.05) is 13.5 Å². The number of aliphatic hydroxyl groups excluding tert-OH is 1. The first-order chi connectivity index (χ1) is 8.72. The maximum atomic E-state index is 9.73. The van der Waals surface area contributed by atoms with Crippen LogP contribution in [0.2, 0.25) is 0 Å². The monoisotopic (exact) mass is 254 g/mol. The maximum absolute atomic E-state index is 9.73. The van der Waals surface area contributed by atoms with Crippen molar-refractivity contribution in [2.75, 3.05) is 33.4 Å². The van der Waals surface area contributed by atoms with Gasteiger partial charge in [0.25, 0.3) is 0 Å². The summed E-state index contributed by atoms with van der Waals surface area (Å²) in [4.78, 5) is 0. The van der Waals surface area contributed by atoms with Crippen molar-refractivity contribution in [3.63, 3.8) is 0 Å². The molecule has 0 amide bonds. The van der Waals surface area contributed by atoms with Crippen molar-refractivity contribution in [2.24, 2.45) is 0 Å². The topological polar surface area (TPSA) is 55.3 Å². The highest BCUT2D eigenvalue weighted by Crippen LogP contribution is 2.11. The predicted molar refractivity (Wildman–Crippen MR) is 70.8 cm³/mol. The molecule has 0 radical (unpaired) electrons. The number of rotatable bonds is 9. The van der Waals surface area contributed by atoms with Crippen LogP contribution in [0, 0.1) is 6.92 Å². The van der Waals surface area contributed by atoms with Gasteiger partial charge in [0.05, 0.1) is 13.2 Å². The SMILES string of the molecule is COCCC[NH2+]C[C@@H](O)COc1ccc(C)cc1. The molecule has 0 aliphatic rings. The highest BCUT2D eigenvalue weighted by Gasteiger charge is 2.07. The summed E-state index contributed by atoms with van der Waals surface area (Å²) < 4.78 is 10.5. The Hall–Kier alpha value is -1.10. The molecule has 0 saturated carbocycles. The van der Waals surface area contributed by atoms with Crippen LogP contribution in [-0.4, -0.2) is 44.6 Å². The molecule has 3 N–H and O–H groups in total. The number of quaternary nitrogens is 1. The highest BCUT2D eigenvalue weighted by atomic mass is 16.5. The minimum Gasteiger partial charge on any atom is -0.491 e. The summed E-state index contributed by atoms with van der Waals surface area (Å²) in [7, 11) is 1.70. The van der Waals surface area contributed by atoms with Gasteiger partial charge in [-0.3, -0.25) is 0 Å². The van der Waals surface area contributed by atoms with Gasteiger partial charge in [-0.25, -0.2) is 0 Å². The fourth-order valence-electron chi connectivity index (χ4n) is 1.58. The molecule has 0 fully saturated rings. The minimum absolute atomic E-state index is 0.337. The molecule has 1 aromatic rings. The Morgan fingerprint density at radius 2 is 2.00 bits per heavy atom. The highest BCUT2D eigenvalue weighted by molar-refractivity contribution is 5.26. The Bertz CT molecular complexity index is 313. The van der Waals surface area contributed by atoms with E-state index in [0.717, 1.165) is 25.3 Å².